The lowest BCUT2D eigenvalue weighted by Crippen LogP contribution is -2.26. The molecule has 0 saturated carbocycles. The number of unbranched alkanes of at least 4 members (excludes halogenated alkanes) is 8. The molecule has 0 spiro atoms. The van der Waals surface area contributed by atoms with Gasteiger partial charge in [0.2, 0.25) is 5.91 Å². The number of hydrogen-bond donors (Lipinski definition) is 3. The number of carbonyl (C=O) groups is 2. The summed E-state index contributed by atoms with van der Waals surface area (Å²) >= 11 is 0. The first-order valence-corrected chi connectivity index (χ1v) is 12.5. The number of nitrogens with one attached hydrogen (secondary N) is 1. The van der Waals surface area contributed by atoms with Crippen LogP contribution in [0.25, 0.3) is 0 Å². The average molecular weight is 441 g/mol. The number of nitrogens with zero attached hydrogens (tertiary/aromatic N) is 1. The number of aliphatic imine (C=N–C) groups is 1. The van der Waals surface area contributed by atoms with E-state index in [1.54, 1.807) is 0 Å². The van der Waals surface area contributed by atoms with Gasteiger partial charge in [-0.15, -0.1) is 0 Å². The van der Waals surface area contributed by atoms with E-state index in [2.05, 4.69) is 24.2 Å². The molecular weight excluding hydrogens is 392 g/mol. The first kappa shape index (κ1) is 29.2. The van der Waals surface area contributed by atoms with Crippen molar-refractivity contribution in [1.29, 1.82) is 0 Å². The maximum absolute atomic E-state index is 12.4. The summed E-state index contributed by atoms with van der Waals surface area (Å²) in [7, 11) is 0. The Labute approximate surface area is 190 Å². The van der Waals surface area contributed by atoms with Crippen LogP contribution in [0.1, 0.15) is 110 Å². The fourth-order valence-electron chi connectivity index (χ4n) is 3.46. The molecule has 0 aliphatic rings. The van der Waals surface area contributed by atoms with Gasteiger partial charge in [0.15, 0.2) is 5.96 Å². The quantitative estimate of drug-likeness (QED) is 0.106. The Bertz CT molecular complexity index is 479. The Hall–Kier alpha value is -1.79. The summed E-state index contributed by atoms with van der Waals surface area (Å²) in [5, 5.41) is 2.88. The molecule has 0 heterocycles. The van der Waals surface area contributed by atoms with Crippen LogP contribution in [0.5, 0.6) is 0 Å². The zero-order valence-corrected chi connectivity index (χ0v) is 20.1. The summed E-state index contributed by atoms with van der Waals surface area (Å²) in [6, 6.07) is 0. The minimum absolute atomic E-state index is 0.00135. The number of carbonyl (C=O) groups excluding carboxylic acids is 2. The summed E-state index contributed by atoms with van der Waals surface area (Å²) in [5.74, 6) is 0.242. The summed E-state index contributed by atoms with van der Waals surface area (Å²) < 4.78 is 5.55. The van der Waals surface area contributed by atoms with E-state index in [9.17, 15) is 9.59 Å². The van der Waals surface area contributed by atoms with E-state index in [1.165, 1.54) is 19.3 Å². The molecule has 0 bridgehead atoms. The van der Waals surface area contributed by atoms with Crippen LogP contribution < -0.4 is 16.8 Å². The van der Waals surface area contributed by atoms with Crippen molar-refractivity contribution in [3.05, 3.63) is 0 Å². The number of nitrogens with two attached hydrogens (primary N) is 2. The average Bonchev–Trinajstić information content (AvgIpc) is 2.74. The molecule has 1 atom stereocenters. The molecule has 0 aromatic carbocycles. The van der Waals surface area contributed by atoms with Crippen molar-refractivity contribution < 1.29 is 14.3 Å². The minimum Gasteiger partial charge on any atom is -0.465 e. The molecule has 7 nitrogen and oxygen atoms in total. The van der Waals surface area contributed by atoms with Crippen LogP contribution in [0.3, 0.4) is 0 Å². The Balaban J connectivity index is 3.70. The molecule has 5 N–H and O–H groups in total. The van der Waals surface area contributed by atoms with Crippen LogP contribution in [-0.4, -0.2) is 37.5 Å². The maximum Gasteiger partial charge on any atom is 0.308 e. The molecule has 7 heteroatoms. The second kappa shape index (κ2) is 21.4. The monoisotopic (exact) mass is 440 g/mol. The molecule has 0 saturated heterocycles. The lowest BCUT2D eigenvalue weighted by Gasteiger charge is -2.15. The van der Waals surface area contributed by atoms with Gasteiger partial charge in [-0.05, 0) is 32.1 Å². The number of hydrogen-bond acceptors (Lipinski definition) is 4. The normalized spacial score (nSPS) is 11.7. The van der Waals surface area contributed by atoms with Crippen LogP contribution in [-0.2, 0) is 14.3 Å². The van der Waals surface area contributed by atoms with Crippen molar-refractivity contribution in [2.45, 2.75) is 110 Å². The Morgan fingerprint density at radius 2 is 1.48 bits per heavy atom. The van der Waals surface area contributed by atoms with Crippen LogP contribution >= 0.6 is 0 Å². The van der Waals surface area contributed by atoms with Gasteiger partial charge in [-0.1, -0.05) is 71.6 Å². The molecular formula is C24H48N4O3. The minimum atomic E-state index is 0.00135. The van der Waals surface area contributed by atoms with Crippen molar-refractivity contribution in [3.8, 4) is 0 Å². The summed E-state index contributed by atoms with van der Waals surface area (Å²) in [5.41, 5.74) is 10.5. The Morgan fingerprint density at radius 1 is 0.839 bits per heavy atom. The SMILES string of the molecule is CCCCCCC(CCCC)C(=O)OCCCCCCCC(=O)NCCCN=C(N)N. The molecule has 31 heavy (non-hydrogen) atoms. The van der Waals surface area contributed by atoms with Gasteiger partial charge in [0.05, 0.1) is 12.5 Å². The number of esters is 1. The van der Waals surface area contributed by atoms with Gasteiger partial charge in [-0.2, -0.15) is 0 Å². The lowest BCUT2D eigenvalue weighted by atomic mass is 9.95. The van der Waals surface area contributed by atoms with Gasteiger partial charge >= 0.3 is 5.97 Å². The van der Waals surface area contributed by atoms with Gasteiger partial charge in [-0.25, -0.2) is 0 Å². The molecule has 182 valence electrons. The van der Waals surface area contributed by atoms with Crippen LogP contribution in [0.15, 0.2) is 4.99 Å². The van der Waals surface area contributed by atoms with Gasteiger partial charge in [-0.3, -0.25) is 14.6 Å². The Morgan fingerprint density at radius 3 is 2.19 bits per heavy atom. The molecule has 0 aliphatic heterocycles. The fraction of sp³-hybridized carbons (Fsp3) is 0.875. The highest BCUT2D eigenvalue weighted by molar-refractivity contribution is 5.76. The molecule has 1 unspecified atom stereocenters. The van der Waals surface area contributed by atoms with Crippen LogP contribution in [0, 0.1) is 5.92 Å². The van der Waals surface area contributed by atoms with E-state index in [1.807, 2.05) is 0 Å². The van der Waals surface area contributed by atoms with Crippen molar-refractivity contribution in [3.63, 3.8) is 0 Å². The third-order valence-electron chi connectivity index (χ3n) is 5.39. The van der Waals surface area contributed by atoms with E-state index >= 15 is 0 Å². The molecule has 0 aliphatic carbocycles. The third-order valence-corrected chi connectivity index (χ3v) is 5.39. The number of ether oxygens (including phenoxy) is 1. The second-order valence-corrected chi connectivity index (χ2v) is 8.38. The van der Waals surface area contributed by atoms with Crippen molar-refractivity contribution >= 4 is 17.8 Å². The Kier molecular flexibility index (Phi) is 20.2. The van der Waals surface area contributed by atoms with Crippen LogP contribution in [0.2, 0.25) is 0 Å². The number of rotatable bonds is 21. The predicted octanol–water partition coefficient (Wildman–Crippen LogP) is 4.43. The summed E-state index contributed by atoms with van der Waals surface area (Å²) in [6.45, 7) is 6.02. The molecule has 0 aromatic heterocycles. The highest BCUT2D eigenvalue weighted by Gasteiger charge is 2.18. The van der Waals surface area contributed by atoms with E-state index in [0.29, 0.717) is 26.1 Å². The first-order valence-electron chi connectivity index (χ1n) is 12.5. The molecule has 0 fully saturated rings. The van der Waals surface area contributed by atoms with E-state index in [4.69, 9.17) is 16.2 Å². The summed E-state index contributed by atoms with van der Waals surface area (Å²) in [4.78, 5) is 28.0. The predicted molar refractivity (Wildman–Crippen MR) is 129 cm³/mol. The van der Waals surface area contributed by atoms with Crippen molar-refractivity contribution in [2.75, 3.05) is 19.7 Å². The van der Waals surface area contributed by atoms with Gasteiger partial charge < -0.3 is 21.5 Å². The van der Waals surface area contributed by atoms with E-state index < -0.39 is 0 Å². The third kappa shape index (κ3) is 19.9. The lowest BCUT2D eigenvalue weighted by molar-refractivity contribution is -0.149. The summed E-state index contributed by atoms with van der Waals surface area (Å²) in [6.07, 6.45) is 15.1. The van der Waals surface area contributed by atoms with E-state index in [0.717, 1.165) is 70.6 Å². The molecule has 0 aromatic rings. The standard InChI is InChI=1S/C24H48N4O3/c1-3-5-7-11-16-21(15-6-4-2)23(30)31-20-13-10-8-9-12-17-22(29)27-18-14-19-28-24(25)26/h21H,3-20H2,1-2H3,(H,27,29)(H4,25,26,28). The van der Waals surface area contributed by atoms with Gasteiger partial charge in [0.1, 0.15) is 0 Å². The zero-order valence-electron chi connectivity index (χ0n) is 20.1. The highest BCUT2D eigenvalue weighted by Crippen LogP contribution is 2.19. The first-order chi connectivity index (χ1) is 15.0. The van der Waals surface area contributed by atoms with Gasteiger partial charge in [0, 0.05) is 19.5 Å². The molecule has 1 amide bonds. The fourth-order valence-corrected chi connectivity index (χ4v) is 3.46. The smallest absolute Gasteiger partial charge is 0.308 e. The molecule has 0 rings (SSSR count). The van der Waals surface area contributed by atoms with Crippen molar-refractivity contribution in [2.24, 2.45) is 22.4 Å². The number of amides is 1. The number of guanidine groups is 1. The van der Waals surface area contributed by atoms with E-state index in [-0.39, 0.29) is 23.8 Å². The molecule has 0 radical (unpaired) electrons. The van der Waals surface area contributed by atoms with Gasteiger partial charge in [0.25, 0.3) is 0 Å². The topological polar surface area (TPSA) is 120 Å². The largest absolute Gasteiger partial charge is 0.465 e. The highest BCUT2D eigenvalue weighted by atomic mass is 16.5. The second-order valence-electron chi connectivity index (χ2n) is 8.38. The van der Waals surface area contributed by atoms with Crippen LogP contribution in [0.4, 0.5) is 0 Å². The van der Waals surface area contributed by atoms with Crippen molar-refractivity contribution in [1.82, 2.24) is 5.32 Å². The maximum atomic E-state index is 12.4. The zero-order chi connectivity index (χ0) is 23.2.